The topological polar surface area (TPSA) is 16.4 Å². The molecule has 7 aromatic carbocycles. The largest absolute Gasteiger partial charge is 0.455 e. The summed E-state index contributed by atoms with van der Waals surface area (Å²) in [6, 6.07) is 54.1. The van der Waals surface area contributed by atoms with Crippen molar-refractivity contribution in [3.8, 4) is 11.1 Å². The molecule has 0 saturated heterocycles. The first-order chi connectivity index (χ1) is 21.3. The van der Waals surface area contributed by atoms with Gasteiger partial charge in [0.25, 0.3) is 0 Å². The van der Waals surface area contributed by atoms with Gasteiger partial charge in [-0.25, -0.2) is 0 Å². The molecule has 0 N–H and O–H groups in total. The monoisotopic (exact) mass is 567 g/mol. The van der Waals surface area contributed by atoms with Crippen molar-refractivity contribution in [2.24, 2.45) is 0 Å². The molecule has 9 aromatic rings. The predicted molar refractivity (Wildman–Crippen MR) is 184 cm³/mol. The maximum atomic E-state index is 6.73. The van der Waals surface area contributed by atoms with Gasteiger partial charge in [-0.2, -0.15) is 0 Å². The van der Waals surface area contributed by atoms with E-state index in [1.165, 1.54) is 36.7 Å². The third-order valence-corrected chi connectivity index (χ3v) is 9.65. The Morgan fingerprint density at radius 3 is 2.00 bits per heavy atom. The van der Waals surface area contributed by atoms with Gasteiger partial charge in [0.05, 0.1) is 10.4 Å². The maximum absolute atomic E-state index is 6.73. The molecule has 202 valence electrons. The van der Waals surface area contributed by atoms with Gasteiger partial charge in [0, 0.05) is 49.1 Å². The molecule has 0 unspecified atom stereocenters. The van der Waals surface area contributed by atoms with Crippen molar-refractivity contribution in [3.63, 3.8) is 0 Å². The Hall–Kier alpha value is -5.38. The van der Waals surface area contributed by atoms with Crippen LogP contribution in [-0.2, 0) is 0 Å². The molecular weight excluding hydrogens is 543 g/mol. The maximum Gasteiger partial charge on any atom is 0.143 e. The van der Waals surface area contributed by atoms with Gasteiger partial charge < -0.3 is 9.32 Å². The lowest BCUT2D eigenvalue weighted by Gasteiger charge is -2.26. The molecule has 0 aliphatic rings. The Morgan fingerprint density at radius 1 is 0.465 bits per heavy atom. The molecule has 9 rings (SSSR count). The molecule has 0 bridgehead atoms. The van der Waals surface area contributed by atoms with Gasteiger partial charge in [-0.1, -0.05) is 103 Å². The van der Waals surface area contributed by atoms with Gasteiger partial charge in [-0.05, 0) is 59.0 Å². The van der Waals surface area contributed by atoms with Crippen LogP contribution in [0.2, 0.25) is 0 Å². The highest BCUT2D eigenvalue weighted by atomic mass is 32.1. The number of para-hydroxylation sites is 1. The first-order valence-corrected chi connectivity index (χ1v) is 15.3. The van der Waals surface area contributed by atoms with Crippen molar-refractivity contribution in [1.82, 2.24) is 0 Å². The summed E-state index contributed by atoms with van der Waals surface area (Å²) in [5, 5.41) is 7.16. The van der Waals surface area contributed by atoms with Crippen LogP contribution >= 0.6 is 11.3 Å². The molecule has 2 nitrogen and oxygen atoms in total. The fourth-order valence-electron chi connectivity index (χ4n) is 6.49. The Kier molecular flexibility index (Phi) is 5.40. The van der Waals surface area contributed by atoms with Crippen LogP contribution in [-0.4, -0.2) is 0 Å². The molecule has 0 atom stereocenters. The van der Waals surface area contributed by atoms with Gasteiger partial charge in [0.1, 0.15) is 11.2 Å². The zero-order valence-corrected chi connectivity index (χ0v) is 24.0. The molecule has 0 amide bonds. The third-order valence-electron chi connectivity index (χ3n) is 8.44. The lowest BCUT2D eigenvalue weighted by molar-refractivity contribution is 0.673. The summed E-state index contributed by atoms with van der Waals surface area (Å²) in [5.74, 6) is 0. The van der Waals surface area contributed by atoms with E-state index in [9.17, 15) is 0 Å². The summed E-state index contributed by atoms with van der Waals surface area (Å²) >= 11 is 1.85. The Morgan fingerprint density at radius 2 is 1.16 bits per heavy atom. The second-order valence-corrected chi connectivity index (χ2v) is 12.0. The number of thiophene rings is 1. The molecule has 0 radical (unpaired) electrons. The summed E-state index contributed by atoms with van der Waals surface area (Å²) in [6.07, 6.45) is 0. The van der Waals surface area contributed by atoms with Crippen LogP contribution in [0.5, 0.6) is 0 Å². The minimum absolute atomic E-state index is 0.882. The fourth-order valence-corrected chi connectivity index (χ4v) is 7.70. The Bertz CT molecular complexity index is 2460. The zero-order valence-electron chi connectivity index (χ0n) is 23.2. The van der Waals surface area contributed by atoms with Crippen LogP contribution in [0.3, 0.4) is 0 Å². The lowest BCUT2D eigenvalue weighted by atomic mass is 9.95. The molecule has 43 heavy (non-hydrogen) atoms. The molecule has 0 fully saturated rings. The van der Waals surface area contributed by atoms with Crippen LogP contribution < -0.4 is 4.90 Å². The molecule has 3 heteroatoms. The fraction of sp³-hybridized carbons (Fsp3) is 0. The Labute approximate surface area is 252 Å². The van der Waals surface area contributed by atoms with Crippen LogP contribution in [0.15, 0.2) is 156 Å². The quantitative estimate of drug-likeness (QED) is 0.210. The van der Waals surface area contributed by atoms with Crippen molar-refractivity contribution in [2.75, 3.05) is 4.90 Å². The van der Waals surface area contributed by atoms with Crippen molar-refractivity contribution < 1.29 is 4.42 Å². The average Bonchev–Trinajstić information content (AvgIpc) is 3.64. The number of fused-ring (bicyclic) bond motifs is 8. The summed E-state index contributed by atoms with van der Waals surface area (Å²) in [4.78, 5) is 2.36. The molecule has 0 aliphatic carbocycles. The van der Waals surface area contributed by atoms with E-state index in [1.807, 2.05) is 11.3 Å². The van der Waals surface area contributed by atoms with Crippen LogP contribution in [0.4, 0.5) is 17.1 Å². The lowest BCUT2D eigenvalue weighted by Crippen LogP contribution is -2.09. The highest BCUT2D eigenvalue weighted by Gasteiger charge is 2.20. The number of nitrogens with zero attached hydrogens (tertiary/aromatic N) is 1. The predicted octanol–water partition coefficient (Wildman–Crippen LogP) is 12.2. The standard InChI is InChI=1S/C40H25NOS/c1-3-12-26(13-4-1)34-25-35-30-23-22-28(24-37(30)42-39(35)32-18-8-7-16-29(32)34)41(27-14-5-2-6-15-27)36-20-11-19-33-31-17-9-10-21-38(31)43-40(33)36/h1-25H. The molecule has 2 aromatic heterocycles. The number of furan rings is 1. The highest BCUT2D eigenvalue weighted by molar-refractivity contribution is 7.26. The second kappa shape index (κ2) is 9.59. The summed E-state index contributed by atoms with van der Waals surface area (Å²) < 4.78 is 9.30. The zero-order chi connectivity index (χ0) is 28.3. The number of anilines is 3. The van der Waals surface area contributed by atoms with E-state index in [2.05, 4.69) is 157 Å². The number of rotatable bonds is 4. The van der Waals surface area contributed by atoms with Crippen LogP contribution in [0.25, 0.3) is 64.0 Å². The van der Waals surface area contributed by atoms with E-state index in [-0.39, 0.29) is 0 Å². The molecule has 0 saturated carbocycles. The third kappa shape index (κ3) is 3.79. The summed E-state index contributed by atoms with van der Waals surface area (Å²) in [7, 11) is 0. The van der Waals surface area contributed by atoms with Gasteiger partial charge in [0.2, 0.25) is 0 Å². The van der Waals surface area contributed by atoms with Crippen molar-refractivity contribution in [1.29, 1.82) is 0 Å². The number of hydrogen-bond acceptors (Lipinski definition) is 3. The first kappa shape index (κ1) is 24.2. The molecule has 0 spiro atoms. The minimum Gasteiger partial charge on any atom is -0.455 e. The molecular formula is C40H25NOS. The van der Waals surface area contributed by atoms with Crippen molar-refractivity contribution in [3.05, 3.63) is 152 Å². The highest BCUT2D eigenvalue weighted by Crippen LogP contribution is 2.46. The Balaban J connectivity index is 1.30. The van der Waals surface area contributed by atoms with Gasteiger partial charge in [0.15, 0.2) is 0 Å². The van der Waals surface area contributed by atoms with E-state index in [4.69, 9.17) is 4.42 Å². The van der Waals surface area contributed by atoms with E-state index in [0.717, 1.165) is 44.4 Å². The minimum atomic E-state index is 0.882. The van der Waals surface area contributed by atoms with Crippen molar-refractivity contribution in [2.45, 2.75) is 0 Å². The van der Waals surface area contributed by atoms with E-state index in [1.54, 1.807) is 0 Å². The molecule has 2 heterocycles. The van der Waals surface area contributed by atoms with E-state index in [0.29, 0.717) is 0 Å². The first-order valence-electron chi connectivity index (χ1n) is 14.5. The van der Waals surface area contributed by atoms with Crippen molar-refractivity contribution >= 4 is 81.3 Å². The van der Waals surface area contributed by atoms with Gasteiger partial charge in [-0.15, -0.1) is 11.3 Å². The summed E-state index contributed by atoms with van der Waals surface area (Å²) in [5.41, 5.74) is 7.58. The molecule has 0 aliphatic heterocycles. The van der Waals surface area contributed by atoms with Crippen LogP contribution in [0.1, 0.15) is 0 Å². The second-order valence-electron chi connectivity index (χ2n) is 10.9. The average molecular weight is 568 g/mol. The van der Waals surface area contributed by atoms with E-state index >= 15 is 0 Å². The number of benzene rings is 7. The SMILES string of the molecule is c1ccc(-c2cc3c4ccc(N(c5ccccc5)c5cccc6c5sc5ccccc56)cc4oc3c3ccccc23)cc1. The normalized spacial score (nSPS) is 11.7. The van der Waals surface area contributed by atoms with Crippen LogP contribution in [0, 0.1) is 0 Å². The van der Waals surface area contributed by atoms with Gasteiger partial charge >= 0.3 is 0 Å². The summed E-state index contributed by atoms with van der Waals surface area (Å²) in [6.45, 7) is 0. The smallest absolute Gasteiger partial charge is 0.143 e. The van der Waals surface area contributed by atoms with Gasteiger partial charge in [-0.3, -0.25) is 0 Å². The van der Waals surface area contributed by atoms with E-state index < -0.39 is 0 Å². The number of hydrogen-bond donors (Lipinski definition) is 0.